The molecule has 116 valence electrons. The fourth-order valence-electron chi connectivity index (χ4n) is 1.98. The van der Waals surface area contributed by atoms with E-state index < -0.39 is 13.0 Å². The van der Waals surface area contributed by atoms with Gasteiger partial charge in [-0.15, -0.1) is 0 Å². The Morgan fingerprint density at radius 2 is 2.10 bits per heavy atom. The normalized spacial score (nSPS) is 11.0. The molecule has 0 aromatic heterocycles. The van der Waals surface area contributed by atoms with Gasteiger partial charge in [0, 0.05) is 19.1 Å². The molecule has 0 aliphatic carbocycles. The Morgan fingerprint density at radius 1 is 1.38 bits per heavy atom. The summed E-state index contributed by atoms with van der Waals surface area (Å²) in [4.78, 5) is 1.34. The summed E-state index contributed by atoms with van der Waals surface area (Å²) >= 11 is 0. The van der Waals surface area contributed by atoms with Crippen LogP contribution in [0.25, 0.3) is 0 Å². The minimum Gasteiger partial charge on any atom is -0.395 e. The highest BCUT2D eigenvalue weighted by molar-refractivity contribution is 5.60. The number of benzene rings is 1. The molecule has 0 heterocycles. The molecule has 0 aliphatic rings. The Kier molecular flexibility index (Phi) is 7.06. The van der Waals surface area contributed by atoms with Gasteiger partial charge in [0.25, 0.3) is 6.43 Å². The average molecular weight is 297 g/mol. The lowest BCUT2D eigenvalue weighted by Gasteiger charge is -2.25. The molecule has 0 unspecified atom stereocenters. The van der Waals surface area contributed by atoms with Crippen LogP contribution in [0.1, 0.15) is 25.0 Å². The molecular weight excluding hydrogens is 276 g/mol. The number of rotatable bonds is 8. The van der Waals surface area contributed by atoms with Crippen molar-refractivity contribution in [1.29, 1.82) is 5.26 Å². The van der Waals surface area contributed by atoms with Gasteiger partial charge >= 0.3 is 0 Å². The van der Waals surface area contributed by atoms with E-state index in [4.69, 9.17) is 5.11 Å². The number of nitrogens with zero attached hydrogens (tertiary/aromatic N) is 2. The van der Waals surface area contributed by atoms with Crippen molar-refractivity contribution in [1.82, 2.24) is 5.32 Å². The predicted molar refractivity (Wildman–Crippen MR) is 78.4 cm³/mol. The third kappa shape index (κ3) is 5.66. The molecule has 0 saturated carbocycles. The highest BCUT2D eigenvalue weighted by Crippen LogP contribution is 2.22. The van der Waals surface area contributed by atoms with Gasteiger partial charge < -0.3 is 15.3 Å². The van der Waals surface area contributed by atoms with Crippen LogP contribution in [0.15, 0.2) is 18.2 Å². The summed E-state index contributed by atoms with van der Waals surface area (Å²) in [5, 5.41) is 21.5. The number of anilines is 1. The SMILES string of the molecule is CC(C)NCc1ccc(N(CCO)CC(F)F)c(C#N)c1. The van der Waals surface area contributed by atoms with E-state index in [1.165, 1.54) is 4.90 Å². The average Bonchev–Trinajstić information content (AvgIpc) is 2.43. The molecule has 1 rings (SSSR count). The highest BCUT2D eigenvalue weighted by atomic mass is 19.3. The van der Waals surface area contributed by atoms with Gasteiger partial charge in [0.15, 0.2) is 0 Å². The van der Waals surface area contributed by atoms with Crippen LogP contribution < -0.4 is 10.2 Å². The van der Waals surface area contributed by atoms with Crippen LogP contribution >= 0.6 is 0 Å². The van der Waals surface area contributed by atoms with Gasteiger partial charge in [-0.1, -0.05) is 19.9 Å². The van der Waals surface area contributed by atoms with Crippen LogP contribution in [-0.4, -0.2) is 37.3 Å². The molecule has 0 amide bonds. The fraction of sp³-hybridized carbons (Fsp3) is 0.533. The second-order valence-corrected chi connectivity index (χ2v) is 5.06. The smallest absolute Gasteiger partial charge is 0.255 e. The molecule has 0 radical (unpaired) electrons. The van der Waals surface area contributed by atoms with Crippen molar-refractivity contribution in [2.45, 2.75) is 32.9 Å². The number of nitriles is 1. The molecule has 21 heavy (non-hydrogen) atoms. The summed E-state index contributed by atoms with van der Waals surface area (Å²) in [6.45, 7) is 3.98. The molecule has 6 heteroatoms. The number of hydrogen-bond donors (Lipinski definition) is 2. The summed E-state index contributed by atoms with van der Waals surface area (Å²) < 4.78 is 25.2. The minimum atomic E-state index is -2.52. The number of nitrogens with one attached hydrogen (secondary N) is 1. The quantitative estimate of drug-likeness (QED) is 0.771. The van der Waals surface area contributed by atoms with E-state index in [1.54, 1.807) is 18.2 Å². The highest BCUT2D eigenvalue weighted by Gasteiger charge is 2.16. The molecule has 0 spiro atoms. The van der Waals surface area contributed by atoms with Crippen LogP contribution in [0.4, 0.5) is 14.5 Å². The van der Waals surface area contributed by atoms with E-state index >= 15 is 0 Å². The molecule has 1 aromatic carbocycles. The van der Waals surface area contributed by atoms with Crippen molar-refractivity contribution < 1.29 is 13.9 Å². The first kappa shape index (κ1) is 17.3. The maximum Gasteiger partial charge on any atom is 0.255 e. The number of hydrogen-bond acceptors (Lipinski definition) is 4. The molecule has 4 nitrogen and oxygen atoms in total. The number of aliphatic hydroxyl groups excluding tert-OH is 1. The van der Waals surface area contributed by atoms with Crippen molar-refractivity contribution >= 4 is 5.69 Å². The second-order valence-electron chi connectivity index (χ2n) is 5.06. The van der Waals surface area contributed by atoms with Crippen LogP contribution in [0.2, 0.25) is 0 Å². The van der Waals surface area contributed by atoms with Crippen LogP contribution in [0.3, 0.4) is 0 Å². The largest absolute Gasteiger partial charge is 0.395 e. The Hall–Kier alpha value is -1.71. The summed E-state index contributed by atoms with van der Waals surface area (Å²) in [6, 6.07) is 7.52. The molecule has 0 bridgehead atoms. The van der Waals surface area contributed by atoms with Crippen LogP contribution in [0.5, 0.6) is 0 Å². The summed E-state index contributed by atoms with van der Waals surface area (Å²) in [7, 11) is 0. The van der Waals surface area contributed by atoms with E-state index in [2.05, 4.69) is 5.32 Å². The van der Waals surface area contributed by atoms with E-state index in [0.717, 1.165) is 5.56 Å². The maximum absolute atomic E-state index is 12.6. The van der Waals surface area contributed by atoms with E-state index in [0.29, 0.717) is 23.8 Å². The Morgan fingerprint density at radius 3 is 2.62 bits per heavy atom. The van der Waals surface area contributed by atoms with Gasteiger partial charge in [0.05, 0.1) is 24.4 Å². The lowest BCUT2D eigenvalue weighted by molar-refractivity contribution is 0.153. The molecule has 0 atom stereocenters. The topological polar surface area (TPSA) is 59.3 Å². The Labute approximate surface area is 124 Å². The van der Waals surface area contributed by atoms with Gasteiger partial charge in [-0.05, 0) is 17.7 Å². The fourth-order valence-corrected chi connectivity index (χ4v) is 1.98. The molecule has 2 N–H and O–H groups in total. The minimum absolute atomic E-state index is 0.0720. The van der Waals surface area contributed by atoms with Gasteiger partial charge in [0.2, 0.25) is 0 Å². The number of alkyl halides is 2. The van der Waals surface area contributed by atoms with Gasteiger partial charge in [-0.2, -0.15) is 5.26 Å². The summed E-state index contributed by atoms with van der Waals surface area (Å²) in [6.07, 6.45) is -2.52. The first-order chi connectivity index (χ1) is 9.97. The van der Waals surface area contributed by atoms with Gasteiger partial charge in [-0.25, -0.2) is 8.78 Å². The van der Waals surface area contributed by atoms with Crippen molar-refractivity contribution in [2.75, 3.05) is 24.6 Å². The molecule has 0 saturated heterocycles. The van der Waals surface area contributed by atoms with Crippen molar-refractivity contribution in [2.24, 2.45) is 0 Å². The zero-order chi connectivity index (χ0) is 15.8. The first-order valence-electron chi connectivity index (χ1n) is 6.88. The molecule has 0 fully saturated rings. The van der Waals surface area contributed by atoms with Crippen LogP contribution in [-0.2, 0) is 6.54 Å². The van der Waals surface area contributed by atoms with Gasteiger partial charge in [0.1, 0.15) is 6.07 Å². The van der Waals surface area contributed by atoms with Crippen molar-refractivity contribution in [3.05, 3.63) is 29.3 Å². The van der Waals surface area contributed by atoms with Crippen molar-refractivity contribution in [3.8, 4) is 6.07 Å². The number of halogens is 2. The lowest BCUT2D eigenvalue weighted by Crippen LogP contribution is -2.32. The van der Waals surface area contributed by atoms with Crippen LogP contribution in [0, 0.1) is 11.3 Å². The lowest BCUT2D eigenvalue weighted by atomic mass is 10.1. The standard InChI is InChI=1S/C15H21F2N3O/c1-11(2)19-9-12-3-4-14(13(7-12)8-18)20(5-6-21)10-15(16)17/h3-4,7,11,15,19,21H,5-6,9-10H2,1-2H3. The monoisotopic (exact) mass is 297 g/mol. The third-order valence-electron chi connectivity index (χ3n) is 2.96. The van der Waals surface area contributed by atoms with E-state index in [1.807, 2.05) is 19.9 Å². The zero-order valence-electron chi connectivity index (χ0n) is 12.3. The summed E-state index contributed by atoms with van der Waals surface area (Å²) in [5.74, 6) is 0. The third-order valence-corrected chi connectivity index (χ3v) is 2.96. The van der Waals surface area contributed by atoms with Crippen molar-refractivity contribution in [3.63, 3.8) is 0 Å². The zero-order valence-corrected chi connectivity index (χ0v) is 12.3. The molecule has 1 aromatic rings. The summed E-state index contributed by atoms with van der Waals surface area (Å²) in [5.41, 5.74) is 1.69. The predicted octanol–water partition coefficient (Wildman–Crippen LogP) is 2.12. The second kappa shape index (κ2) is 8.55. The van der Waals surface area contributed by atoms with E-state index in [-0.39, 0.29) is 13.2 Å². The molecule has 0 aliphatic heterocycles. The Bertz CT molecular complexity index is 486. The number of aliphatic hydroxyl groups is 1. The maximum atomic E-state index is 12.6. The molecular formula is C15H21F2N3O. The van der Waals surface area contributed by atoms with E-state index in [9.17, 15) is 14.0 Å². The first-order valence-corrected chi connectivity index (χ1v) is 6.88. The Balaban J connectivity index is 2.97. The van der Waals surface area contributed by atoms with Gasteiger partial charge in [-0.3, -0.25) is 0 Å².